The second kappa shape index (κ2) is 13.7. The standard InChI is InChI=1S/C7H8.C4H9NO2.C2H6/c1-7-5-3-2-4-6-7;1-5-3-2-4(6)7;1-2/h2-6H,1H3;5H,2-3H2,1H3,(H,6,7);1-2H3. The van der Waals surface area contributed by atoms with Crippen molar-refractivity contribution in [3.63, 3.8) is 0 Å². The molecule has 1 aromatic rings. The molecule has 0 heterocycles. The molecule has 0 saturated heterocycles. The van der Waals surface area contributed by atoms with E-state index in [1.54, 1.807) is 7.05 Å². The quantitative estimate of drug-likeness (QED) is 0.831. The van der Waals surface area contributed by atoms with Crippen LogP contribution in [0.4, 0.5) is 0 Å². The molecule has 92 valence electrons. The summed E-state index contributed by atoms with van der Waals surface area (Å²) in [6.07, 6.45) is 0.205. The second-order valence-corrected chi connectivity index (χ2v) is 2.90. The summed E-state index contributed by atoms with van der Waals surface area (Å²) in [5, 5.41) is 10.7. The number of hydrogen-bond donors (Lipinski definition) is 2. The van der Waals surface area contributed by atoms with Crippen LogP contribution in [0.2, 0.25) is 0 Å². The molecule has 0 amide bonds. The molecule has 1 aromatic carbocycles. The van der Waals surface area contributed by atoms with E-state index in [4.69, 9.17) is 5.11 Å². The number of carbonyl (C=O) groups is 1. The molecular weight excluding hydrogens is 202 g/mol. The van der Waals surface area contributed by atoms with Crippen molar-refractivity contribution < 1.29 is 9.90 Å². The first-order valence-corrected chi connectivity index (χ1v) is 5.55. The van der Waals surface area contributed by atoms with E-state index in [0.29, 0.717) is 6.54 Å². The van der Waals surface area contributed by atoms with Crippen molar-refractivity contribution >= 4 is 5.97 Å². The van der Waals surface area contributed by atoms with E-state index in [2.05, 4.69) is 24.4 Å². The molecule has 0 atom stereocenters. The average molecular weight is 225 g/mol. The van der Waals surface area contributed by atoms with Crippen LogP contribution in [0.25, 0.3) is 0 Å². The summed E-state index contributed by atoms with van der Waals surface area (Å²) in [4.78, 5) is 9.72. The predicted molar refractivity (Wildman–Crippen MR) is 68.7 cm³/mol. The zero-order chi connectivity index (χ0) is 12.8. The Morgan fingerprint density at radius 1 is 1.25 bits per heavy atom. The largest absolute Gasteiger partial charge is 0.481 e. The summed E-state index contributed by atoms with van der Waals surface area (Å²) in [5.41, 5.74) is 1.32. The van der Waals surface area contributed by atoms with Crippen LogP contribution < -0.4 is 5.32 Å². The Kier molecular flexibility index (Phi) is 14.6. The van der Waals surface area contributed by atoms with Gasteiger partial charge < -0.3 is 10.4 Å². The lowest BCUT2D eigenvalue weighted by Gasteiger charge is -1.88. The van der Waals surface area contributed by atoms with Gasteiger partial charge in [-0.3, -0.25) is 4.79 Å². The van der Waals surface area contributed by atoms with Crippen LogP contribution in [-0.2, 0) is 4.79 Å². The molecule has 0 aromatic heterocycles. The van der Waals surface area contributed by atoms with E-state index in [1.165, 1.54) is 5.56 Å². The van der Waals surface area contributed by atoms with Crippen LogP contribution >= 0.6 is 0 Å². The van der Waals surface area contributed by atoms with E-state index in [0.717, 1.165) is 0 Å². The number of nitrogens with one attached hydrogen (secondary N) is 1. The van der Waals surface area contributed by atoms with Crippen molar-refractivity contribution in [2.24, 2.45) is 0 Å². The highest BCUT2D eigenvalue weighted by atomic mass is 16.4. The summed E-state index contributed by atoms with van der Waals surface area (Å²) in [7, 11) is 1.73. The van der Waals surface area contributed by atoms with Crippen LogP contribution in [0.3, 0.4) is 0 Å². The molecule has 0 aliphatic heterocycles. The molecule has 2 N–H and O–H groups in total. The molecule has 0 aliphatic carbocycles. The SMILES string of the molecule is CC.CNCCC(=O)O.Cc1ccccc1. The van der Waals surface area contributed by atoms with Gasteiger partial charge in [0, 0.05) is 6.54 Å². The smallest absolute Gasteiger partial charge is 0.304 e. The van der Waals surface area contributed by atoms with Gasteiger partial charge in [-0.1, -0.05) is 49.7 Å². The molecular formula is C13H23NO2. The zero-order valence-corrected chi connectivity index (χ0v) is 10.7. The summed E-state index contributed by atoms with van der Waals surface area (Å²) in [6, 6.07) is 10.3. The molecule has 0 aliphatic rings. The number of aliphatic carboxylic acids is 1. The number of carboxylic acids is 1. The van der Waals surface area contributed by atoms with Gasteiger partial charge in [0.1, 0.15) is 0 Å². The Labute approximate surface area is 98.5 Å². The second-order valence-electron chi connectivity index (χ2n) is 2.90. The number of rotatable bonds is 3. The fraction of sp³-hybridized carbons (Fsp3) is 0.462. The molecule has 0 spiro atoms. The lowest BCUT2D eigenvalue weighted by Crippen LogP contribution is -2.11. The third-order valence-corrected chi connectivity index (χ3v) is 1.53. The maximum atomic E-state index is 9.72. The van der Waals surface area contributed by atoms with E-state index in [9.17, 15) is 4.79 Å². The molecule has 3 nitrogen and oxygen atoms in total. The van der Waals surface area contributed by atoms with Crippen molar-refractivity contribution in [2.75, 3.05) is 13.6 Å². The lowest BCUT2D eigenvalue weighted by atomic mass is 10.2. The number of benzene rings is 1. The minimum atomic E-state index is -0.755. The van der Waals surface area contributed by atoms with Gasteiger partial charge in [-0.15, -0.1) is 0 Å². The summed E-state index contributed by atoms with van der Waals surface area (Å²) < 4.78 is 0. The normalized spacial score (nSPS) is 8.00. The third-order valence-electron chi connectivity index (χ3n) is 1.53. The van der Waals surface area contributed by atoms with E-state index >= 15 is 0 Å². The van der Waals surface area contributed by atoms with E-state index in [1.807, 2.05) is 32.0 Å². The zero-order valence-electron chi connectivity index (χ0n) is 10.7. The Morgan fingerprint density at radius 3 is 1.94 bits per heavy atom. The molecule has 0 unspecified atom stereocenters. The van der Waals surface area contributed by atoms with Crippen LogP contribution in [0, 0.1) is 6.92 Å². The van der Waals surface area contributed by atoms with Crippen LogP contribution in [-0.4, -0.2) is 24.7 Å². The Balaban J connectivity index is 0. The fourth-order valence-corrected chi connectivity index (χ4v) is 0.766. The van der Waals surface area contributed by atoms with Crippen molar-refractivity contribution in [1.82, 2.24) is 5.32 Å². The molecule has 1 rings (SSSR count). The first kappa shape index (κ1) is 17.1. The van der Waals surface area contributed by atoms with Gasteiger partial charge in [-0.05, 0) is 14.0 Å². The summed E-state index contributed by atoms with van der Waals surface area (Å²) in [5.74, 6) is -0.755. The molecule has 0 saturated carbocycles. The van der Waals surface area contributed by atoms with Gasteiger partial charge >= 0.3 is 5.97 Å². The molecule has 16 heavy (non-hydrogen) atoms. The summed E-state index contributed by atoms with van der Waals surface area (Å²) in [6.45, 7) is 6.63. The van der Waals surface area contributed by atoms with Gasteiger partial charge in [0.25, 0.3) is 0 Å². The highest BCUT2D eigenvalue weighted by molar-refractivity contribution is 5.66. The Bertz CT molecular complexity index is 247. The summed E-state index contributed by atoms with van der Waals surface area (Å²) >= 11 is 0. The highest BCUT2D eigenvalue weighted by Crippen LogP contribution is 1.92. The van der Waals surface area contributed by atoms with Gasteiger partial charge in [-0.25, -0.2) is 0 Å². The number of hydrogen-bond acceptors (Lipinski definition) is 2. The van der Waals surface area contributed by atoms with Crippen molar-refractivity contribution in [2.45, 2.75) is 27.2 Å². The van der Waals surface area contributed by atoms with Gasteiger partial charge in [0.15, 0.2) is 0 Å². The first-order valence-electron chi connectivity index (χ1n) is 5.55. The molecule has 3 heteroatoms. The minimum Gasteiger partial charge on any atom is -0.481 e. The van der Waals surface area contributed by atoms with Crippen LogP contribution in [0.1, 0.15) is 25.8 Å². The monoisotopic (exact) mass is 225 g/mol. The molecule has 0 radical (unpaired) electrons. The Hall–Kier alpha value is -1.35. The third kappa shape index (κ3) is 15.1. The number of carboxylic acid groups (broad SMARTS) is 1. The Morgan fingerprint density at radius 2 is 1.75 bits per heavy atom. The van der Waals surface area contributed by atoms with E-state index in [-0.39, 0.29) is 6.42 Å². The van der Waals surface area contributed by atoms with Gasteiger partial charge in [0.05, 0.1) is 6.42 Å². The van der Waals surface area contributed by atoms with E-state index < -0.39 is 5.97 Å². The topological polar surface area (TPSA) is 49.3 Å². The predicted octanol–water partition coefficient (Wildman–Crippen LogP) is 2.70. The van der Waals surface area contributed by atoms with Gasteiger partial charge in [0.2, 0.25) is 0 Å². The van der Waals surface area contributed by atoms with Crippen molar-refractivity contribution in [3.8, 4) is 0 Å². The highest BCUT2D eigenvalue weighted by Gasteiger charge is 1.90. The van der Waals surface area contributed by atoms with Crippen LogP contribution in [0.15, 0.2) is 30.3 Å². The van der Waals surface area contributed by atoms with Gasteiger partial charge in [-0.2, -0.15) is 0 Å². The fourth-order valence-electron chi connectivity index (χ4n) is 0.766. The first-order chi connectivity index (χ1) is 7.66. The van der Waals surface area contributed by atoms with Crippen molar-refractivity contribution in [3.05, 3.63) is 35.9 Å². The van der Waals surface area contributed by atoms with Crippen LogP contribution in [0.5, 0.6) is 0 Å². The average Bonchev–Trinajstić information content (AvgIpc) is 2.31. The lowest BCUT2D eigenvalue weighted by molar-refractivity contribution is -0.136. The maximum absolute atomic E-state index is 9.72. The minimum absolute atomic E-state index is 0.205. The maximum Gasteiger partial charge on any atom is 0.304 e. The number of aryl methyl sites for hydroxylation is 1. The molecule has 0 bridgehead atoms. The van der Waals surface area contributed by atoms with Crippen molar-refractivity contribution in [1.29, 1.82) is 0 Å². The molecule has 0 fully saturated rings.